The fraction of sp³-hybridized carbons (Fsp3) is 0.333. The van der Waals surface area contributed by atoms with Gasteiger partial charge < -0.3 is 9.84 Å². The smallest absolute Gasteiger partial charge is 0.257 e. The number of aliphatic hydroxyl groups excluding tert-OH is 1. The number of ether oxygens (including phenoxy) is 1. The Balaban J connectivity index is 0.00000172. The Hall–Kier alpha value is -3.64. The number of rotatable bonds is 6. The Morgan fingerprint density at radius 2 is 1.95 bits per heavy atom. The van der Waals surface area contributed by atoms with E-state index in [1.54, 1.807) is 36.4 Å². The number of halogens is 2. The van der Waals surface area contributed by atoms with E-state index in [9.17, 15) is 14.7 Å². The lowest BCUT2D eigenvalue weighted by Gasteiger charge is -2.41. The summed E-state index contributed by atoms with van der Waals surface area (Å²) in [5.74, 6) is -1.66. The van der Waals surface area contributed by atoms with Crippen molar-refractivity contribution in [2.75, 3.05) is 0 Å². The largest absolute Gasteiger partial charge is 0.393 e. The fourth-order valence-electron chi connectivity index (χ4n) is 5.11. The molecule has 1 aliphatic heterocycles. The van der Waals surface area contributed by atoms with Crippen LogP contribution in [0.4, 0.5) is 4.39 Å². The molecule has 1 N–H and O–H groups in total. The molecule has 39 heavy (non-hydrogen) atoms. The number of ketones is 1. The van der Waals surface area contributed by atoms with E-state index in [0.29, 0.717) is 41.1 Å². The van der Waals surface area contributed by atoms with Gasteiger partial charge in [0.15, 0.2) is 5.78 Å². The van der Waals surface area contributed by atoms with Crippen molar-refractivity contribution in [1.82, 2.24) is 9.88 Å². The zero-order valence-electron chi connectivity index (χ0n) is 21.9. The van der Waals surface area contributed by atoms with E-state index in [0.717, 1.165) is 6.07 Å². The minimum Gasteiger partial charge on any atom is -0.393 e. The summed E-state index contributed by atoms with van der Waals surface area (Å²) in [5, 5.41) is 19.8. The van der Waals surface area contributed by atoms with Crippen LogP contribution in [0.3, 0.4) is 0 Å². The van der Waals surface area contributed by atoms with Gasteiger partial charge in [-0.2, -0.15) is 5.26 Å². The van der Waals surface area contributed by atoms with E-state index >= 15 is 4.39 Å². The van der Waals surface area contributed by atoms with Gasteiger partial charge in [-0.05, 0) is 62.6 Å². The third kappa shape index (κ3) is 5.30. The molecule has 7 nitrogen and oxygen atoms in total. The van der Waals surface area contributed by atoms with Crippen LogP contribution in [0, 0.1) is 17.1 Å². The van der Waals surface area contributed by atoms with E-state index in [1.807, 2.05) is 19.9 Å². The number of carbonyl (C=O) groups is 2. The number of pyridine rings is 1. The number of aromatic nitrogens is 1. The Morgan fingerprint density at radius 3 is 2.51 bits per heavy atom. The minimum atomic E-state index is -1.71. The van der Waals surface area contributed by atoms with Gasteiger partial charge >= 0.3 is 0 Å². The number of aliphatic hydroxyl groups is 1. The van der Waals surface area contributed by atoms with Crippen LogP contribution in [-0.2, 0) is 17.0 Å². The molecule has 2 aromatic carbocycles. The van der Waals surface area contributed by atoms with Gasteiger partial charge in [0.05, 0.1) is 41.1 Å². The molecule has 0 saturated heterocycles. The van der Waals surface area contributed by atoms with Gasteiger partial charge in [0.25, 0.3) is 5.91 Å². The first-order chi connectivity index (χ1) is 18.7. The first-order valence-corrected chi connectivity index (χ1v) is 13.2. The molecule has 3 atom stereocenters. The maximum absolute atomic E-state index is 16.0. The van der Waals surface area contributed by atoms with Gasteiger partial charge in [-0.15, -0.1) is 0 Å². The highest BCUT2D eigenvalue weighted by atomic mass is 35.5. The number of hydrogen-bond acceptors (Lipinski definition) is 6. The molecule has 1 amide bonds. The van der Waals surface area contributed by atoms with Crippen LogP contribution in [0.15, 0.2) is 54.7 Å². The molecular formula is C30H29ClFN3O4. The topological polar surface area (TPSA) is 104 Å². The summed E-state index contributed by atoms with van der Waals surface area (Å²) in [7, 11) is 0. The van der Waals surface area contributed by atoms with Gasteiger partial charge in [0.2, 0.25) is 5.72 Å². The van der Waals surface area contributed by atoms with Crippen molar-refractivity contribution in [3.8, 4) is 6.07 Å². The third-order valence-electron chi connectivity index (χ3n) is 6.89. The van der Waals surface area contributed by atoms with Crippen molar-refractivity contribution in [3.63, 3.8) is 0 Å². The number of nitriles is 1. The number of amides is 1. The molecule has 9 heteroatoms. The molecule has 5 rings (SSSR count). The second-order valence-electron chi connectivity index (χ2n) is 9.34. The van der Waals surface area contributed by atoms with E-state index in [4.69, 9.17) is 21.6 Å². The Morgan fingerprint density at radius 1 is 1.23 bits per heavy atom. The SMILES string of the molecule is CC.CC(=O)c1cc(F)c2c(c1)C(=O)N(Cc1ccc(C#N)cn1)C2(OC1CCC(O)C1)c1ccc(Cl)cc1. The molecule has 1 aromatic heterocycles. The lowest BCUT2D eigenvalue weighted by molar-refractivity contribution is -0.149. The summed E-state index contributed by atoms with van der Waals surface area (Å²) >= 11 is 6.16. The standard InChI is InChI=1S/C28H23ClFN3O4.C2H6/c1-16(34)18-10-24-26(25(30)11-18)28(19-3-5-20(29)6-4-19,37-23-9-8-22(35)12-23)33(27(24)36)15-21-7-2-17(13-31)14-32-21;1-2/h2-7,10-11,14,22-23,35H,8-9,12,15H2,1H3;1-2H3. The van der Waals surface area contributed by atoms with Crippen LogP contribution in [-0.4, -0.2) is 38.9 Å². The highest BCUT2D eigenvalue weighted by Crippen LogP contribution is 2.49. The lowest BCUT2D eigenvalue weighted by Crippen LogP contribution is -2.48. The highest BCUT2D eigenvalue weighted by Gasteiger charge is 2.56. The Labute approximate surface area is 231 Å². The molecule has 2 heterocycles. The second kappa shape index (κ2) is 11.6. The Bertz CT molecular complexity index is 1420. The summed E-state index contributed by atoms with van der Waals surface area (Å²) in [5.41, 5.74) is -0.330. The predicted octanol–water partition coefficient (Wildman–Crippen LogP) is 5.76. The number of hydrogen-bond donors (Lipinski definition) is 1. The van der Waals surface area contributed by atoms with Crippen molar-refractivity contribution in [1.29, 1.82) is 5.26 Å². The van der Waals surface area contributed by atoms with E-state index < -0.39 is 29.7 Å². The molecule has 0 bridgehead atoms. The number of nitrogens with zero attached hydrogens (tertiary/aromatic N) is 3. The van der Waals surface area contributed by atoms with E-state index in [2.05, 4.69) is 4.98 Å². The van der Waals surface area contributed by atoms with Crippen molar-refractivity contribution < 1.29 is 23.8 Å². The molecule has 202 valence electrons. The molecule has 0 spiro atoms. The van der Waals surface area contributed by atoms with Gasteiger partial charge in [0.1, 0.15) is 11.9 Å². The maximum Gasteiger partial charge on any atom is 0.257 e. The van der Waals surface area contributed by atoms with E-state index in [-0.39, 0.29) is 29.0 Å². The Kier molecular flexibility index (Phi) is 8.45. The molecule has 3 aromatic rings. The zero-order valence-corrected chi connectivity index (χ0v) is 22.7. The van der Waals surface area contributed by atoms with Crippen molar-refractivity contribution in [2.24, 2.45) is 0 Å². The third-order valence-corrected chi connectivity index (χ3v) is 7.15. The number of benzene rings is 2. The highest BCUT2D eigenvalue weighted by molar-refractivity contribution is 6.30. The predicted molar refractivity (Wildman–Crippen MR) is 144 cm³/mol. The van der Waals surface area contributed by atoms with Crippen LogP contribution in [0.5, 0.6) is 0 Å². The van der Waals surface area contributed by atoms with Gasteiger partial charge in [-0.3, -0.25) is 19.5 Å². The lowest BCUT2D eigenvalue weighted by atomic mass is 9.91. The van der Waals surface area contributed by atoms with Crippen molar-refractivity contribution in [3.05, 3.63) is 99.1 Å². The van der Waals surface area contributed by atoms with E-state index in [1.165, 1.54) is 24.1 Å². The van der Waals surface area contributed by atoms with Crippen LogP contribution in [0.2, 0.25) is 5.02 Å². The summed E-state index contributed by atoms with van der Waals surface area (Å²) in [6.07, 6.45) is 1.74. The van der Waals surface area contributed by atoms with Crippen LogP contribution in [0.25, 0.3) is 0 Å². The quantitative estimate of drug-likeness (QED) is 0.392. The first kappa shape index (κ1) is 28.4. The normalized spacial score (nSPS) is 21.7. The monoisotopic (exact) mass is 549 g/mol. The maximum atomic E-state index is 16.0. The molecule has 1 aliphatic carbocycles. The van der Waals surface area contributed by atoms with Crippen LogP contribution in [0.1, 0.15) is 83.1 Å². The van der Waals surface area contributed by atoms with Crippen molar-refractivity contribution in [2.45, 2.75) is 64.5 Å². The first-order valence-electron chi connectivity index (χ1n) is 12.9. The molecule has 3 unspecified atom stereocenters. The van der Waals surface area contributed by atoms with Gasteiger partial charge in [0, 0.05) is 22.3 Å². The second-order valence-corrected chi connectivity index (χ2v) is 9.77. The van der Waals surface area contributed by atoms with Gasteiger partial charge in [-0.25, -0.2) is 4.39 Å². The minimum absolute atomic E-state index is 0.000132. The molecule has 0 radical (unpaired) electrons. The molecular weight excluding hydrogens is 521 g/mol. The molecule has 2 aliphatic rings. The fourth-order valence-corrected chi connectivity index (χ4v) is 5.23. The van der Waals surface area contributed by atoms with Gasteiger partial charge in [-0.1, -0.05) is 37.6 Å². The number of carbonyl (C=O) groups excluding carboxylic acids is 2. The average molecular weight is 550 g/mol. The molecule has 1 saturated carbocycles. The summed E-state index contributed by atoms with van der Waals surface area (Å²) in [6.45, 7) is 5.24. The van der Waals surface area contributed by atoms with Crippen LogP contribution >= 0.6 is 11.6 Å². The summed E-state index contributed by atoms with van der Waals surface area (Å²) in [4.78, 5) is 31.8. The molecule has 1 fully saturated rings. The van der Waals surface area contributed by atoms with Crippen molar-refractivity contribution >= 4 is 23.3 Å². The number of Topliss-reactive ketones (excluding diaryl/α,β-unsaturated/α-hetero) is 1. The average Bonchev–Trinajstić information content (AvgIpc) is 3.45. The summed E-state index contributed by atoms with van der Waals surface area (Å²) < 4.78 is 22.6. The van der Waals surface area contributed by atoms with Crippen LogP contribution < -0.4 is 0 Å². The summed E-state index contributed by atoms with van der Waals surface area (Å²) in [6, 6.07) is 14.3. The zero-order chi connectivity index (χ0) is 28.3. The number of fused-ring (bicyclic) bond motifs is 1.